The van der Waals surface area contributed by atoms with Gasteiger partial charge in [-0.3, -0.25) is 0 Å². The first kappa shape index (κ1) is 14.5. The van der Waals surface area contributed by atoms with Gasteiger partial charge in [-0.15, -0.1) is 0 Å². The summed E-state index contributed by atoms with van der Waals surface area (Å²) in [5.74, 6) is 1.90. The van der Waals surface area contributed by atoms with Crippen LogP contribution in [0.15, 0.2) is 28.8 Å². The minimum absolute atomic E-state index is 0.0954. The Morgan fingerprint density at radius 2 is 2.10 bits per heavy atom. The van der Waals surface area contributed by atoms with Crippen molar-refractivity contribution >= 4 is 0 Å². The number of nitrogens with one attached hydrogen (secondary N) is 1. The molecule has 1 N–H and O–H groups in total. The quantitative estimate of drug-likeness (QED) is 0.909. The first-order chi connectivity index (χ1) is 9.42. The van der Waals surface area contributed by atoms with Gasteiger partial charge in [0.1, 0.15) is 5.75 Å². The van der Waals surface area contributed by atoms with Crippen molar-refractivity contribution in [1.29, 1.82) is 0 Å². The minimum atomic E-state index is 0.0954. The molecule has 0 atom stereocenters. The van der Waals surface area contributed by atoms with Crippen molar-refractivity contribution in [3.63, 3.8) is 0 Å². The van der Waals surface area contributed by atoms with Gasteiger partial charge < -0.3 is 14.6 Å². The summed E-state index contributed by atoms with van der Waals surface area (Å²) < 4.78 is 10.7. The van der Waals surface area contributed by atoms with Crippen LogP contribution in [0.5, 0.6) is 5.75 Å². The lowest BCUT2D eigenvalue weighted by Crippen LogP contribution is -2.35. The van der Waals surface area contributed by atoms with Crippen LogP contribution in [0, 0.1) is 6.92 Å². The lowest BCUT2D eigenvalue weighted by atomic mass is 10.1. The number of nitrogens with zero attached hydrogens (tertiary/aromatic N) is 2. The third-order valence-corrected chi connectivity index (χ3v) is 2.65. The van der Waals surface area contributed by atoms with Gasteiger partial charge in [-0.25, -0.2) is 0 Å². The lowest BCUT2D eigenvalue weighted by Gasteiger charge is -2.20. The van der Waals surface area contributed by atoms with Crippen molar-refractivity contribution in [2.75, 3.05) is 0 Å². The Morgan fingerprint density at radius 1 is 1.30 bits per heavy atom. The molecule has 0 unspecified atom stereocenters. The van der Waals surface area contributed by atoms with Crippen molar-refractivity contribution in [3.8, 4) is 5.75 Å². The zero-order valence-electron chi connectivity index (χ0n) is 12.4. The van der Waals surface area contributed by atoms with E-state index in [2.05, 4.69) is 42.3 Å². The molecule has 0 aliphatic carbocycles. The van der Waals surface area contributed by atoms with Crippen molar-refractivity contribution in [1.82, 2.24) is 15.5 Å². The normalized spacial score (nSPS) is 11.6. The third-order valence-electron chi connectivity index (χ3n) is 2.65. The number of hydrogen-bond donors (Lipinski definition) is 1. The Hall–Kier alpha value is -1.88. The molecule has 0 aliphatic rings. The van der Waals surface area contributed by atoms with E-state index in [1.807, 2.05) is 18.2 Å². The summed E-state index contributed by atoms with van der Waals surface area (Å²) in [6.45, 7) is 9.31. The van der Waals surface area contributed by atoms with Gasteiger partial charge in [0, 0.05) is 12.1 Å². The predicted molar refractivity (Wildman–Crippen MR) is 76.4 cm³/mol. The van der Waals surface area contributed by atoms with E-state index < -0.39 is 0 Å². The van der Waals surface area contributed by atoms with E-state index in [1.54, 1.807) is 6.92 Å². The molecule has 2 rings (SSSR count). The SMILES string of the molecule is Cc1noc(COc2cccc(CNC(C)(C)C)c2)n1. The van der Waals surface area contributed by atoms with E-state index in [9.17, 15) is 0 Å². The van der Waals surface area contributed by atoms with Crippen LogP contribution in [0.3, 0.4) is 0 Å². The van der Waals surface area contributed by atoms with E-state index in [4.69, 9.17) is 9.26 Å². The first-order valence-corrected chi connectivity index (χ1v) is 6.68. The Balaban J connectivity index is 1.92. The first-order valence-electron chi connectivity index (χ1n) is 6.68. The summed E-state index contributed by atoms with van der Waals surface area (Å²) in [4.78, 5) is 4.10. The van der Waals surface area contributed by atoms with E-state index in [1.165, 1.54) is 5.56 Å². The van der Waals surface area contributed by atoms with Gasteiger partial charge in [0.25, 0.3) is 5.89 Å². The molecule has 20 heavy (non-hydrogen) atoms. The van der Waals surface area contributed by atoms with Crippen LogP contribution in [-0.4, -0.2) is 15.7 Å². The molecule has 1 heterocycles. The van der Waals surface area contributed by atoms with Gasteiger partial charge in [0.05, 0.1) is 0 Å². The molecule has 5 heteroatoms. The maximum atomic E-state index is 5.65. The van der Waals surface area contributed by atoms with Crippen LogP contribution in [0.2, 0.25) is 0 Å². The summed E-state index contributed by atoms with van der Waals surface area (Å²) in [6, 6.07) is 7.99. The highest BCUT2D eigenvalue weighted by atomic mass is 16.5. The van der Waals surface area contributed by atoms with Crippen molar-refractivity contribution in [2.45, 2.75) is 46.4 Å². The van der Waals surface area contributed by atoms with Gasteiger partial charge in [-0.2, -0.15) is 4.98 Å². The topological polar surface area (TPSA) is 60.2 Å². The van der Waals surface area contributed by atoms with Crippen LogP contribution in [0.4, 0.5) is 0 Å². The summed E-state index contributed by atoms with van der Waals surface area (Å²) in [5.41, 5.74) is 1.28. The maximum absolute atomic E-state index is 5.65. The largest absolute Gasteiger partial charge is 0.484 e. The van der Waals surface area contributed by atoms with Crippen LogP contribution >= 0.6 is 0 Å². The second kappa shape index (κ2) is 6.05. The standard InChI is InChI=1S/C15H21N3O2/c1-11-17-14(20-18-11)10-19-13-7-5-6-12(8-13)9-16-15(2,3)4/h5-8,16H,9-10H2,1-4H3. The zero-order valence-corrected chi connectivity index (χ0v) is 12.4. The highest BCUT2D eigenvalue weighted by molar-refractivity contribution is 5.28. The van der Waals surface area contributed by atoms with E-state index in [0.717, 1.165) is 12.3 Å². The molecule has 0 radical (unpaired) electrons. The van der Waals surface area contributed by atoms with Crippen LogP contribution in [0.25, 0.3) is 0 Å². The van der Waals surface area contributed by atoms with E-state index >= 15 is 0 Å². The number of ether oxygens (including phenoxy) is 1. The van der Waals surface area contributed by atoms with Crippen LogP contribution < -0.4 is 10.1 Å². The van der Waals surface area contributed by atoms with Crippen molar-refractivity contribution in [3.05, 3.63) is 41.5 Å². The fraction of sp³-hybridized carbons (Fsp3) is 0.467. The number of benzene rings is 1. The summed E-state index contributed by atoms with van der Waals surface area (Å²) in [5, 5.41) is 7.17. The number of hydrogen-bond acceptors (Lipinski definition) is 5. The summed E-state index contributed by atoms with van der Waals surface area (Å²) in [7, 11) is 0. The summed E-state index contributed by atoms with van der Waals surface area (Å²) >= 11 is 0. The average Bonchev–Trinajstić information content (AvgIpc) is 2.80. The van der Waals surface area contributed by atoms with Crippen molar-refractivity contribution < 1.29 is 9.26 Å². The van der Waals surface area contributed by atoms with Gasteiger partial charge in [0.2, 0.25) is 0 Å². The van der Waals surface area contributed by atoms with Gasteiger partial charge in [-0.05, 0) is 45.4 Å². The Morgan fingerprint density at radius 3 is 2.75 bits per heavy atom. The molecule has 0 saturated heterocycles. The van der Waals surface area contributed by atoms with Crippen LogP contribution in [0.1, 0.15) is 38.0 Å². The van der Waals surface area contributed by atoms with E-state index in [0.29, 0.717) is 11.7 Å². The second-order valence-corrected chi connectivity index (χ2v) is 5.77. The fourth-order valence-corrected chi connectivity index (χ4v) is 1.66. The van der Waals surface area contributed by atoms with Crippen molar-refractivity contribution in [2.24, 2.45) is 0 Å². The molecule has 108 valence electrons. The molecule has 0 bridgehead atoms. The Bertz CT molecular complexity index is 558. The highest BCUT2D eigenvalue weighted by Gasteiger charge is 2.09. The van der Waals surface area contributed by atoms with E-state index in [-0.39, 0.29) is 12.1 Å². The fourth-order valence-electron chi connectivity index (χ4n) is 1.66. The molecular weight excluding hydrogens is 254 g/mol. The average molecular weight is 275 g/mol. The molecule has 0 saturated carbocycles. The molecular formula is C15H21N3O2. The summed E-state index contributed by atoms with van der Waals surface area (Å²) in [6.07, 6.45) is 0. The van der Waals surface area contributed by atoms with Gasteiger partial charge in [-0.1, -0.05) is 17.3 Å². The lowest BCUT2D eigenvalue weighted by molar-refractivity contribution is 0.242. The van der Waals surface area contributed by atoms with Gasteiger partial charge in [0.15, 0.2) is 12.4 Å². The molecule has 1 aromatic carbocycles. The smallest absolute Gasteiger partial charge is 0.264 e. The molecule has 0 fully saturated rings. The number of aromatic nitrogens is 2. The number of aryl methyl sites for hydroxylation is 1. The second-order valence-electron chi connectivity index (χ2n) is 5.77. The number of rotatable bonds is 5. The molecule has 2 aromatic rings. The Labute approximate surface area is 119 Å². The monoisotopic (exact) mass is 275 g/mol. The molecule has 0 spiro atoms. The Kier molecular flexibility index (Phi) is 4.39. The highest BCUT2D eigenvalue weighted by Crippen LogP contribution is 2.15. The molecule has 5 nitrogen and oxygen atoms in total. The maximum Gasteiger partial charge on any atom is 0.264 e. The third kappa shape index (κ3) is 4.66. The molecule has 0 aliphatic heterocycles. The predicted octanol–water partition coefficient (Wildman–Crippen LogP) is 2.85. The molecule has 1 aromatic heterocycles. The van der Waals surface area contributed by atoms with Crippen LogP contribution in [-0.2, 0) is 13.2 Å². The zero-order chi connectivity index (χ0) is 14.6. The molecule has 0 amide bonds. The van der Waals surface area contributed by atoms with Gasteiger partial charge >= 0.3 is 0 Å². The minimum Gasteiger partial charge on any atom is -0.484 e.